The van der Waals surface area contributed by atoms with Crippen molar-refractivity contribution < 1.29 is 9.53 Å². The third-order valence-electron chi connectivity index (χ3n) is 3.64. The van der Waals surface area contributed by atoms with Crippen LogP contribution in [-0.2, 0) is 13.0 Å². The molecule has 0 radical (unpaired) electrons. The highest BCUT2D eigenvalue weighted by Crippen LogP contribution is 2.14. The number of aromatic nitrogens is 2. The summed E-state index contributed by atoms with van der Waals surface area (Å²) in [6.07, 6.45) is 6.59. The fraction of sp³-hybridized carbons (Fsp3) is 0.312. The minimum atomic E-state index is -0.285. The number of amides is 1. The quantitative estimate of drug-likeness (QED) is 0.693. The van der Waals surface area contributed by atoms with Gasteiger partial charge in [0, 0.05) is 19.2 Å². The molecule has 2 aromatic rings. The number of benzene rings is 1. The van der Waals surface area contributed by atoms with Gasteiger partial charge in [0.2, 0.25) is 0 Å². The van der Waals surface area contributed by atoms with E-state index in [1.807, 2.05) is 28.8 Å². The van der Waals surface area contributed by atoms with Crippen LogP contribution in [0.1, 0.15) is 34.7 Å². The Morgan fingerprint density at radius 3 is 2.91 bits per heavy atom. The zero-order chi connectivity index (χ0) is 15.4. The topological polar surface area (TPSA) is 68.5 Å². The number of nitrogens with one attached hydrogen (secondary N) is 1. The maximum Gasteiger partial charge on any atom is 0.291 e. The number of hydrogen-bond donors (Lipinski definition) is 1. The van der Waals surface area contributed by atoms with Gasteiger partial charge in [-0.2, -0.15) is 5.10 Å². The van der Waals surface area contributed by atoms with Gasteiger partial charge < -0.3 is 9.30 Å². The summed E-state index contributed by atoms with van der Waals surface area (Å²) < 4.78 is 7.13. The predicted octanol–water partition coefficient (Wildman–Crippen LogP) is 1.99. The minimum Gasteiger partial charge on any atom is -0.497 e. The molecule has 1 aromatic carbocycles. The van der Waals surface area contributed by atoms with Crippen LogP contribution in [0.25, 0.3) is 0 Å². The van der Waals surface area contributed by atoms with Gasteiger partial charge in [0.05, 0.1) is 13.3 Å². The number of carbonyl (C=O) groups is 1. The molecule has 0 spiro atoms. The number of methoxy groups -OCH3 is 1. The molecule has 1 aromatic heterocycles. The summed E-state index contributed by atoms with van der Waals surface area (Å²) in [5.41, 5.74) is 3.81. The number of hydrogen-bond acceptors (Lipinski definition) is 4. The first-order chi connectivity index (χ1) is 10.8. The number of hydrazone groups is 1. The summed E-state index contributed by atoms with van der Waals surface area (Å²) in [4.78, 5) is 16.4. The van der Waals surface area contributed by atoms with Crippen molar-refractivity contribution in [1.29, 1.82) is 0 Å². The predicted molar refractivity (Wildman–Crippen MR) is 83.2 cm³/mol. The Hall–Kier alpha value is -2.63. The van der Waals surface area contributed by atoms with E-state index in [1.54, 1.807) is 19.5 Å². The molecular weight excluding hydrogens is 280 g/mol. The summed E-state index contributed by atoms with van der Waals surface area (Å²) in [5, 5.41) is 3.97. The molecule has 2 heterocycles. The minimum absolute atomic E-state index is 0.285. The van der Waals surface area contributed by atoms with E-state index in [-0.39, 0.29) is 5.91 Å². The van der Waals surface area contributed by atoms with Crippen LogP contribution in [-0.4, -0.2) is 28.8 Å². The van der Waals surface area contributed by atoms with Crippen molar-refractivity contribution in [3.05, 3.63) is 47.5 Å². The summed E-state index contributed by atoms with van der Waals surface area (Å²) in [6.45, 7) is 0.935. The molecule has 0 saturated heterocycles. The molecule has 1 N–H and O–H groups in total. The zero-order valence-corrected chi connectivity index (χ0v) is 12.5. The molecule has 3 rings (SSSR count). The van der Waals surface area contributed by atoms with E-state index in [4.69, 9.17) is 4.74 Å². The molecule has 0 saturated carbocycles. The van der Waals surface area contributed by atoms with Crippen molar-refractivity contribution in [3.63, 3.8) is 0 Å². The third-order valence-corrected chi connectivity index (χ3v) is 3.64. The number of rotatable bonds is 4. The molecule has 6 heteroatoms. The van der Waals surface area contributed by atoms with Gasteiger partial charge in [-0.3, -0.25) is 4.79 Å². The number of carbonyl (C=O) groups excluding carboxylic acids is 1. The van der Waals surface area contributed by atoms with Gasteiger partial charge in [-0.1, -0.05) is 0 Å². The van der Waals surface area contributed by atoms with Crippen molar-refractivity contribution in [2.24, 2.45) is 5.10 Å². The van der Waals surface area contributed by atoms with Gasteiger partial charge in [0.1, 0.15) is 17.3 Å². The second kappa shape index (κ2) is 6.43. The van der Waals surface area contributed by atoms with Gasteiger partial charge in [0.15, 0.2) is 0 Å². The molecule has 114 valence electrons. The van der Waals surface area contributed by atoms with Crippen LogP contribution in [0.5, 0.6) is 5.75 Å². The van der Waals surface area contributed by atoms with E-state index >= 15 is 0 Å². The zero-order valence-electron chi connectivity index (χ0n) is 12.5. The molecule has 1 aliphatic heterocycles. The lowest BCUT2D eigenvalue weighted by Crippen LogP contribution is -2.18. The van der Waals surface area contributed by atoms with E-state index in [1.165, 1.54) is 0 Å². The fourth-order valence-corrected chi connectivity index (χ4v) is 2.43. The number of imidazole rings is 1. The van der Waals surface area contributed by atoms with Gasteiger partial charge in [-0.05, 0) is 42.7 Å². The average molecular weight is 298 g/mol. The summed E-state index contributed by atoms with van der Waals surface area (Å²) in [6, 6.07) is 7.41. The maximum atomic E-state index is 12.0. The van der Waals surface area contributed by atoms with Gasteiger partial charge in [-0.15, -0.1) is 0 Å². The Kier molecular flexibility index (Phi) is 4.18. The largest absolute Gasteiger partial charge is 0.497 e. The third kappa shape index (κ3) is 3.16. The fourth-order valence-electron chi connectivity index (χ4n) is 2.43. The highest BCUT2D eigenvalue weighted by molar-refractivity contribution is 5.93. The van der Waals surface area contributed by atoms with Gasteiger partial charge in [-0.25, -0.2) is 10.4 Å². The smallest absolute Gasteiger partial charge is 0.291 e. The van der Waals surface area contributed by atoms with E-state index in [9.17, 15) is 4.79 Å². The van der Waals surface area contributed by atoms with Crippen molar-refractivity contribution in [2.75, 3.05) is 7.11 Å². The molecular formula is C16H18N4O2. The van der Waals surface area contributed by atoms with Crippen LogP contribution in [0, 0.1) is 0 Å². The van der Waals surface area contributed by atoms with Crippen LogP contribution >= 0.6 is 0 Å². The van der Waals surface area contributed by atoms with Gasteiger partial charge >= 0.3 is 0 Å². The molecule has 1 amide bonds. The summed E-state index contributed by atoms with van der Waals surface area (Å²) in [5.74, 6) is 1.48. The molecule has 0 fully saturated rings. The van der Waals surface area contributed by atoms with E-state index in [2.05, 4.69) is 15.5 Å². The average Bonchev–Trinajstić information content (AvgIpc) is 2.99. The molecule has 0 aliphatic carbocycles. The molecule has 0 unspecified atom stereocenters. The standard InChI is InChI=1S/C16H18N4O2/c1-22-13-7-5-12(6-8-13)10-17-19-16(21)14-11-20-9-3-2-4-15(20)18-14/h5-8,10-11H,2-4,9H2,1H3,(H,19,21)/b17-10+. The highest BCUT2D eigenvalue weighted by atomic mass is 16.5. The van der Waals surface area contributed by atoms with E-state index in [0.29, 0.717) is 5.69 Å². The van der Waals surface area contributed by atoms with E-state index < -0.39 is 0 Å². The normalized spacial score (nSPS) is 13.9. The van der Waals surface area contributed by atoms with Crippen LogP contribution in [0.2, 0.25) is 0 Å². The van der Waals surface area contributed by atoms with Crippen LogP contribution in [0.15, 0.2) is 35.6 Å². The first kappa shape index (κ1) is 14.3. The first-order valence-electron chi connectivity index (χ1n) is 7.30. The number of fused-ring (bicyclic) bond motifs is 1. The second-order valence-corrected chi connectivity index (χ2v) is 5.17. The Morgan fingerprint density at radius 1 is 1.36 bits per heavy atom. The van der Waals surface area contributed by atoms with Crippen molar-refractivity contribution in [1.82, 2.24) is 15.0 Å². The molecule has 6 nitrogen and oxygen atoms in total. The maximum absolute atomic E-state index is 12.0. The lowest BCUT2D eigenvalue weighted by Gasteiger charge is -2.11. The highest BCUT2D eigenvalue weighted by Gasteiger charge is 2.16. The van der Waals surface area contributed by atoms with Crippen molar-refractivity contribution in [3.8, 4) is 5.75 Å². The Bertz CT molecular complexity index is 665. The van der Waals surface area contributed by atoms with E-state index in [0.717, 1.165) is 42.9 Å². The Morgan fingerprint density at radius 2 is 2.18 bits per heavy atom. The van der Waals surface area contributed by atoms with Crippen LogP contribution in [0.3, 0.4) is 0 Å². The molecule has 1 aliphatic rings. The van der Waals surface area contributed by atoms with Gasteiger partial charge in [0.25, 0.3) is 5.91 Å². The molecule has 0 atom stereocenters. The summed E-state index contributed by atoms with van der Waals surface area (Å²) >= 11 is 0. The van der Waals surface area contributed by atoms with Crippen molar-refractivity contribution >= 4 is 12.1 Å². The lowest BCUT2D eigenvalue weighted by atomic mass is 10.2. The van der Waals surface area contributed by atoms with Crippen LogP contribution in [0.4, 0.5) is 0 Å². The number of aryl methyl sites for hydroxylation is 2. The monoisotopic (exact) mass is 298 g/mol. The number of nitrogens with zero attached hydrogens (tertiary/aromatic N) is 3. The molecule has 22 heavy (non-hydrogen) atoms. The lowest BCUT2D eigenvalue weighted by molar-refractivity contribution is 0.0950. The first-order valence-corrected chi connectivity index (χ1v) is 7.30. The van der Waals surface area contributed by atoms with Crippen LogP contribution < -0.4 is 10.2 Å². The SMILES string of the molecule is COc1ccc(/C=N/NC(=O)c2cn3c(n2)CCCC3)cc1. The Labute approximate surface area is 128 Å². The number of ether oxygens (including phenoxy) is 1. The Balaban J connectivity index is 1.61. The van der Waals surface area contributed by atoms with Crippen molar-refractivity contribution in [2.45, 2.75) is 25.8 Å². The second-order valence-electron chi connectivity index (χ2n) is 5.17. The molecule has 0 bridgehead atoms. The summed E-state index contributed by atoms with van der Waals surface area (Å²) in [7, 11) is 1.62.